The molecule has 2 nitrogen and oxygen atoms in total. The standard InChI is InChI=1S/C63H46N2/c1-63(2)56-29-12-9-25-53(56)54-28-17-33-60(62(54)63)65-58-31-14-11-26-55(58)61-52(27-16-32-59(61)65)48-22-15-23-50(42-48)64(57-30-13-10-24-51(57)47-20-7-4-8-21-47)49-40-38-46(39-41-49)45-36-34-44(35-37-45)43-18-5-3-6-19-43/h3-42H,1-2H3. The molecule has 0 aliphatic heterocycles. The van der Waals surface area contributed by atoms with Crippen LogP contribution in [0, 0.1) is 0 Å². The molecule has 0 atom stereocenters. The lowest BCUT2D eigenvalue weighted by molar-refractivity contribution is 0.656. The number of benzene rings is 10. The minimum atomic E-state index is -0.156. The van der Waals surface area contributed by atoms with Crippen molar-refractivity contribution in [3.63, 3.8) is 0 Å². The van der Waals surface area contributed by atoms with Gasteiger partial charge in [-0.1, -0.05) is 208 Å². The van der Waals surface area contributed by atoms with Crippen molar-refractivity contribution < 1.29 is 0 Å². The quantitative estimate of drug-likeness (QED) is 0.148. The summed E-state index contributed by atoms with van der Waals surface area (Å²) in [5.74, 6) is 0. The number of anilines is 3. The van der Waals surface area contributed by atoms with Crippen molar-refractivity contribution in [3.8, 4) is 61.3 Å². The number of rotatable bonds is 8. The third-order valence-electron chi connectivity index (χ3n) is 13.6. The van der Waals surface area contributed by atoms with Crippen LogP contribution in [0.1, 0.15) is 25.0 Å². The maximum absolute atomic E-state index is 2.52. The van der Waals surface area contributed by atoms with Crippen LogP contribution in [-0.4, -0.2) is 4.57 Å². The van der Waals surface area contributed by atoms with Gasteiger partial charge in [0.05, 0.1) is 22.4 Å². The summed E-state index contributed by atoms with van der Waals surface area (Å²) in [6.07, 6.45) is 0. The highest BCUT2D eigenvalue weighted by Crippen LogP contribution is 2.52. The van der Waals surface area contributed by atoms with Crippen molar-refractivity contribution in [3.05, 3.63) is 254 Å². The Labute approximate surface area is 381 Å². The Bertz CT molecular complexity index is 3540. The molecule has 11 aromatic rings. The zero-order valence-electron chi connectivity index (χ0n) is 36.5. The molecule has 1 aromatic heterocycles. The minimum absolute atomic E-state index is 0.156. The number of hydrogen-bond acceptors (Lipinski definition) is 1. The van der Waals surface area contributed by atoms with E-state index in [1.807, 2.05) is 0 Å². The Balaban J connectivity index is 1.00. The monoisotopic (exact) mass is 830 g/mol. The number of fused-ring (bicyclic) bond motifs is 6. The molecule has 65 heavy (non-hydrogen) atoms. The van der Waals surface area contributed by atoms with Crippen LogP contribution in [0.25, 0.3) is 83.1 Å². The molecule has 308 valence electrons. The predicted octanol–water partition coefficient (Wildman–Crippen LogP) is 17.2. The van der Waals surface area contributed by atoms with Gasteiger partial charge in [-0.2, -0.15) is 0 Å². The molecule has 0 radical (unpaired) electrons. The van der Waals surface area contributed by atoms with Gasteiger partial charge in [0.25, 0.3) is 0 Å². The predicted molar refractivity (Wildman–Crippen MR) is 275 cm³/mol. The fourth-order valence-electron chi connectivity index (χ4n) is 10.6. The van der Waals surface area contributed by atoms with Gasteiger partial charge < -0.3 is 9.47 Å². The highest BCUT2D eigenvalue weighted by Gasteiger charge is 2.38. The molecule has 0 N–H and O–H groups in total. The third-order valence-corrected chi connectivity index (χ3v) is 13.6. The van der Waals surface area contributed by atoms with Crippen molar-refractivity contribution in [2.24, 2.45) is 0 Å². The highest BCUT2D eigenvalue weighted by molar-refractivity contribution is 6.16. The van der Waals surface area contributed by atoms with Gasteiger partial charge in [0.15, 0.2) is 0 Å². The lowest BCUT2D eigenvalue weighted by Crippen LogP contribution is -2.17. The molecule has 0 bridgehead atoms. The molecule has 12 rings (SSSR count). The molecule has 1 aliphatic carbocycles. The van der Waals surface area contributed by atoms with Crippen molar-refractivity contribution in [2.45, 2.75) is 19.3 Å². The number of para-hydroxylation sites is 2. The van der Waals surface area contributed by atoms with Gasteiger partial charge >= 0.3 is 0 Å². The first-order chi connectivity index (χ1) is 32.0. The van der Waals surface area contributed by atoms with E-state index in [0.717, 1.165) is 17.1 Å². The normalized spacial score (nSPS) is 12.6. The SMILES string of the molecule is CC1(C)c2ccccc2-c2cccc(-n3c4ccccc4c4c(-c5cccc(N(c6ccc(-c7ccc(-c8ccccc8)cc7)cc6)c6ccccc6-c6ccccc6)c5)cccc43)c21. The van der Waals surface area contributed by atoms with Crippen molar-refractivity contribution >= 4 is 38.9 Å². The average molecular weight is 831 g/mol. The van der Waals surface area contributed by atoms with Crippen molar-refractivity contribution in [2.75, 3.05) is 4.90 Å². The van der Waals surface area contributed by atoms with E-state index in [-0.39, 0.29) is 5.41 Å². The minimum Gasteiger partial charge on any atom is -0.310 e. The van der Waals surface area contributed by atoms with Gasteiger partial charge in [-0.25, -0.2) is 0 Å². The van der Waals surface area contributed by atoms with Crippen LogP contribution < -0.4 is 4.90 Å². The molecular weight excluding hydrogens is 785 g/mol. The second kappa shape index (κ2) is 15.6. The Morgan fingerprint density at radius 3 is 1.63 bits per heavy atom. The number of hydrogen-bond donors (Lipinski definition) is 0. The van der Waals surface area contributed by atoms with E-state index in [0.29, 0.717) is 0 Å². The van der Waals surface area contributed by atoms with E-state index >= 15 is 0 Å². The fraction of sp³-hybridized carbons (Fsp3) is 0.0476. The topological polar surface area (TPSA) is 8.17 Å². The molecule has 0 unspecified atom stereocenters. The molecule has 0 saturated heterocycles. The van der Waals surface area contributed by atoms with E-state index < -0.39 is 0 Å². The Hall–Kier alpha value is -8.20. The number of aromatic nitrogens is 1. The highest BCUT2D eigenvalue weighted by atomic mass is 15.1. The third kappa shape index (κ3) is 6.40. The van der Waals surface area contributed by atoms with Gasteiger partial charge in [0.2, 0.25) is 0 Å². The summed E-state index contributed by atoms with van der Waals surface area (Å²) in [5, 5.41) is 2.50. The molecule has 2 heteroatoms. The van der Waals surface area contributed by atoms with Crippen LogP contribution in [0.5, 0.6) is 0 Å². The van der Waals surface area contributed by atoms with Crippen molar-refractivity contribution in [1.29, 1.82) is 0 Å². The second-order valence-electron chi connectivity index (χ2n) is 17.7. The smallest absolute Gasteiger partial charge is 0.0547 e. The summed E-state index contributed by atoms with van der Waals surface area (Å²) in [5.41, 5.74) is 21.7. The molecule has 1 aliphatic rings. The summed E-state index contributed by atoms with van der Waals surface area (Å²) >= 11 is 0. The summed E-state index contributed by atoms with van der Waals surface area (Å²) in [6, 6.07) is 88.7. The molecule has 0 spiro atoms. The first-order valence-corrected chi connectivity index (χ1v) is 22.6. The summed E-state index contributed by atoms with van der Waals surface area (Å²) < 4.78 is 2.52. The Morgan fingerprint density at radius 1 is 0.354 bits per heavy atom. The first kappa shape index (κ1) is 38.5. The zero-order valence-corrected chi connectivity index (χ0v) is 36.5. The summed E-state index contributed by atoms with van der Waals surface area (Å²) in [7, 11) is 0. The molecule has 10 aromatic carbocycles. The van der Waals surface area contributed by atoms with Gasteiger partial charge in [-0.3, -0.25) is 0 Å². The summed E-state index contributed by atoms with van der Waals surface area (Å²) in [4.78, 5) is 2.42. The fourth-order valence-corrected chi connectivity index (χ4v) is 10.6. The van der Waals surface area contributed by atoms with Gasteiger partial charge in [-0.15, -0.1) is 0 Å². The van der Waals surface area contributed by atoms with E-state index in [1.54, 1.807) is 0 Å². The first-order valence-electron chi connectivity index (χ1n) is 22.6. The maximum Gasteiger partial charge on any atom is 0.0547 e. The van der Waals surface area contributed by atoms with Crippen LogP contribution in [-0.2, 0) is 5.41 Å². The Kier molecular flexibility index (Phi) is 9.21. The van der Waals surface area contributed by atoms with Gasteiger partial charge in [0, 0.05) is 33.1 Å². The van der Waals surface area contributed by atoms with Crippen molar-refractivity contribution in [1.82, 2.24) is 4.57 Å². The van der Waals surface area contributed by atoms with Crippen LogP contribution in [0.4, 0.5) is 17.1 Å². The maximum atomic E-state index is 2.52. The zero-order chi connectivity index (χ0) is 43.5. The van der Waals surface area contributed by atoms with Crippen LogP contribution in [0.2, 0.25) is 0 Å². The van der Waals surface area contributed by atoms with Gasteiger partial charge in [0.1, 0.15) is 0 Å². The average Bonchev–Trinajstić information content (AvgIpc) is 3.84. The molecule has 0 amide bonds. The van der Waals surface area contributed by atoms with Crippen LogP contribution >= 0.6 is 0 Å². The van der Waals surface area contributed by atoms with Crippen LogP contribution in [0.15, 0.2) is 243 Å². The molecular formula is C63H46N2. The summed E-state index contributed by atoms with van der Waals surface area (Å²) in [6.45, 7) is 4.76. The molecule has 0 saturated carbocycles. The Morgan fingerprint density at radius 2 is 0.877 bits per heavy atom. The largest absolute Gasteiger partial charge is 0.310 e. The second-order valence-corrected chi connectivity index (χ2v) is 17.7. The van der Waals surface area contributed by atoms with E-state index in [9.17, 15) is 0 Å². The van der Waals surface area contributed by atoms with E-state index in [4.69, 9.17) is 0 Å². The lowest BCUT2D eigenvalue weighted by Gasteiger charge is -2.28. The van der Waals surface area contributed by atoms with Crippen LogP contribution in [0.3, 0.4) is 0 Å². The van der Waals surface area contributed by atoms with Gasteiger partial charge in [-0.05, 0) is 110 Å². The van der Waals surface area contributed by atoms with E-state index in [1.165, 1.54) is 94.3 Å². The number of nitrogens with zero attached hydrogens (tertiary/aromatic N) is 2. The van der Waals surface area contributed by atoms with E-state index in [2.05, 4.69) is 266 Å². The lowest BCUT2D eigenvalue weighted by atomic mass is 9.81. The molecule has 1 heterocycles. The molecule has 0 fully saturated rings.